The average molecular weight is 448 g/mol. The molecule has 152 valence electrons. The Morgan fingerprint density at radius 1 is 1.21 bits per heavy atom. The van der Waals surface area contributed by atoms with E-state index in [1.807, 2.05) is 0 Å². The molecule has 2 rings (SSSR count). The molecule has 0 bridgehead atoms. The van der Waals surface area contributed by atoms with Gasteiger partial charge in [-0.25, -0.2) is 12.8 Å². The summed E-state index contributed by atoms with van der Waals surface area (Å²) in [4.78, 5) is 23.7. The molecule has 9 nitrogen and oxygen atoms in total. The third-order valence-electron chi connectivity index (χ3n) is 3.31. The summed E-state index contributed by atoms with van der Waals surface area (Å²) >= 11 is 2.22. The molecule has 2 amide bonds. The molecule has 0 aliphatic heterocycles. The second kappa shape index (κ2) is 9.91. The molecule has 0 saturated carbocycles. The van der Waals surface area contributed by atoms with Crippen molar-refractivity contribution in [2.24, 2.45) is 0 Å². The van der Waals surface area contributed by atoms with Crippen LogP contribution in [0.1, 0.15) is 5.56 Å². The molecule has 0 aliphatic rings. The number of amides is 2. The SMILES string of the molecule is CN(CC(=O)Nc1nnc(SCC(=O)NCc2ccc(F)cc2)s1)S(C)(=O)=O. The van der Waals surface area contributed by atoms with Crippen molar-refractivity contribution >= 4 is 50.1 Å². The first-order valence-electron chi connectivity index (χ1n) is 7.82. The lowest BCUT2D eigenvalue weighted by Gasteiger charge is -2.12. The smallest absolute Gasteiger partial charge is 0.241 e. The van der Waals surface area contributed by atoms with Gasteiger partial charge in [0.05, 0.1) is 18.6 Å². The van der Waals surface area contributed by atoms with Gasteiger partial charge >= 0.3 is 0 Å². The van der Waals surface area contributed by atoms with E-state index in [4.69, 9.17) is 0 Å². The van der Waals surface area contributed by atoms with Crippen LogP contribution in [0.5, 0.6) is 0 Å². The van der Waals surface area contributed by atoms with Crippen molar-refractivity contribution in [1.29, 1.82) is 0 Å². The number of hydrogen-bond donors (Lipinski definition) is 2. The Hall–Kier alpha value is -2.09. The topological polar surface area (TPSA) is 121 Å². The van der Waals surface area contributed by atoms with E-state index in [0.29, 0.717) is 4.34 Å². The monoisotopic (exact) mass is 447 g/mol. The molecule has 1 heterocycles. The number of sulfonamides is 1. The Morgan fingerprint density at radius 3 is 2.54 bits per heavy atom. The first-order chi connectivity index (χ1) is 13.1. The average Bonchev–Trinajstić information content (AvgIpc) is 3.05. The predicted octanol–water partition coefficient (Wildman–Crippen LogP) is 0.916. The quantitative estimate of drug-likeness (QED) is 0.433. The number of nitrogens with one attached hydrogen (secondary N) is 2. The van der Waals surface area contributed by atoms with Gasteiger partial charge in [-0.2, -0.15) is 4.31 Å². The summed E-state index contributed by atoms with van der Waals surface area (Å²) in [5.41, 5.74) is 0.778. The zero-order chi connectivity index (χ0) is 20.7. The van der Waals surface area contributed by atoms with E-state index in [-0.39, 0.29) is 35.7 Å². The van der Waals surface area contributed by atoms with Crippen molar-refractivity contribution in [2.45, 2.75) is 10.9 Å². The number of thioether (sulfide) groups is 1. The second-order valence-corrected chi connectivity index (χ2v) is 9.92. The van der Waals surface area contributed by atoms with Gasteiger partial charge in [0.1, 0.15) is 5.82 Å². The molecule has 0 atom stereocenters. The van der Waals surface area contributed by atoms with E-state index >= 15 is 0 Å². The van der Waals surface area contributed by atoms with Crippen LogP contribution in [-0.2, 0) is 26.2 Å². The predicted molar refractivity (Wildman–Crippen MR) is 105 cm³/mol. The van der Waals surface area contributed by atoms with Gasteiger partial charge in [-0.15, -0.1) is 10.2 Å². The minimum atomic E-state index is -3.46. The van der Waals surface area contributed by atoms with Crippen molar-refractivity contribution in [3.8, 4) is 0 Å². The Morgan fingerprint density at radius 2 is 1.89 bits per heavy atom. The molecule has 0 radical (unpaired) electrons. The highest BCUT2D eigenvalue weighted by Gasteiger charge is 2.16. The highest BCUT2D eigenvalue weighted by atomic mass is 32.2. The third-order valence-corrected chi connectivity index (χ3v) is 6.55. The molecule has 28 heavy (non-hydrogen) atoms. The van der Waals surface area contributed by atoms with E-state index in [1.165, 1.54) is 19.2 Å². The lowest BCUT2D eigenvalue weighted by molar-refractivity contribution is -0.118. The fourth-order valence-corrected chi connectivity index (χ4v) is 3.73. The van der Waals surface area contributed by atoms with Gasteiger partial charge < -0.3 is 5.32 Å². The van der Waals surface area contributed by atoms with Gasteiger partial charge in [0.2, 0.25) is 27.0 Å². The zero-order valence-electron chi connectivity index (χ0n) is 15.0. The van der Waals surface area contributed by atoms with Crippen molar-refractivity contribution in [3.05, 3.63) is 35.6 Å². The summed E-state index contributed by atoms with van der Waals surface area (Å²) in [6, 6.07) is 5.81. The Bertz CT molecular complexity index is 933. The van der Waals surface area contributed by atoms with Crippen LogP contribution >= 0.6 is 23.1 Å². The molecule has 0 saturated heterocycles. The number of halogens is 1. The fourth-order valence-electron chi connectivity index (χ4n) is 1.78. The maximum atomic E-state index is 12.8. The standard InChI is InChI=1S/C15H18FN5O4S3/c1-21(28(2,24)25)8-12(22)18-14-19-20-15(27-14)26-9-13(23)17-7-10-3-5-11(16)6-4-10/h3-6H,7-9H2,1-2H3,(H,17,23)(H,18,19,22). The fraction of sp³-hybridized carbons (Fsp3) is 0.333. The van der Waals surface area contributed by atoms with E-state index in [1.54, 1.807) is 12.1 Å². The van der Waals surface area contributed by atoms with Crippen molar-refractivity contribution in [1.82, 2.24) is 19.8 Å². The molecule has 0 aliphatic carbocycles. The van der Waals surface area contributed by atoms with Gasteiger partial charge in [0.15, 0.2) is 4.34 Å². The number of rotatable bonds is 9. The van der Waals surface area contributed by atoms with E-state index in [9.17, 15) is 22.4 Å². The van der Waals surface area contributed by atoms with Crippen molar-refractivity contribution < 1.29 is 22.4 Å². The largest absolute Gasteiger partial charge is 0.351 e. The number of carbonyl (C=O) groups is 2. The van der Waals surface area contributed by atoms with Crippen molar-refractivity contribution in [3.63, 3.8) is 0 Å². The van der Waals surface area contributed by atoms with Crippen LogP contribution in [0.2, 0.25) is 0 Å². The van der Waals surface area contributed by atoms with Crippen LogP contribution in [0.25, 0.3) is 0 Å². The number of aromatic nitrogens is 2. The normalized spacial score (nSPS) is 11.4. The van der Waals surface area contributed by atoms with Gasteiger partial charge in [0.25, 0.3) is 0 Å². The van der Waals surface area contributed by atoms with Crippen LogP contribution in [-0.4, -0.2) is 60.3 Å². The lowest BCUT2D eigenvalue weighted by atomic mass is 10.2. The van der Waals surface area contributed by atoms with E-state index < -0.39 is 15.9 Å². The number of carbonyl (C=O) groups excluding carboxylic acids is 2. The van der Waals surface area contributed by atoms with Crippen LogP contribution in [0, 0.1) is 5.82 Å². The van der Waals surface area contributed by atoms with Gasteiger partial charge in [0, 0.05) is 13.6 Å². The summed E-state index contributed by atoms with van der Waals surface area (Å²) in [6.45, 7) is -0.0579. The molecular formula is C15H18FN5O4S3. The number of benzene rings is 1. The maximum absolute atomic E-state index is 12.8. The Labute approximate surface area is 169 Å². The molecule has 0 fully saturated rings. The first-order valence-corrected chi connectivity index (χ1v) is 11.5. The summed E-state index contributed by atoms with van der Waals surface area (Å²) < 4.78 is 36.8. The minimum absolute atomic E-state index is 0.0978. The zero-order valence-corrected chi connectivity index (χ0v) is 17.5. The molecule has 2 aromatic rings. The number of anilines is 1. The summed E-state index contributed by atoms with van der Waals surface area (Å²) in [7, 11) is -2.17. The molecular weight excluding hydrogens is 429 g/mol. The van der Waals surface area contributed by atoms with E-state index in [2.05, 4.69) is 20.8 Å². The third kappa shape index (κ3) is 7.50. The van der Waals surface area contributed by atoms with Crippen LogP contribution in [0.3, 0.4) is 0 Å². The maximum Gasteiger partial charge on any atom is 0.241 e. The van der Waals surface area contributed by atoms with Crippen LogP contribution in [0.15, 0.2) is 28.6 Å². The molecule has 0 unspecified atom stereocenters. The highest BCUT2D eigenvalue weighted by molar-refractivity contribution is 8.01. The molecule has 1 aromatic carbocycles. The summed E-state index contributed by atoms with van der Waals surface area (Å²) in [5, 5.41) is 13.0. The number of likely N-dealkylation sites (N-methyl/N-ethyl adjacent to an activating group) is 1. The van der Waals surface area contributed by atoms with Crippen molar-refractivity contribution in [2.75, 3.05) is 30.9 Å². The number of hydrogen-bond acceptors (Lipinski definition) is 8. The van der Waals surface area contributed by atoms with Crippen LogP contribution < -0.4 is 10.6 Å². The van der Waals surface area contributed by atoms with Crippen LogP contribution in [0.4, 0.5) is 9.52 Å². The minimum Gasteiger partial charge on any atom is -0.351 e. The summed E-state index contributed by atoms with van der Waals surface area (Å²) in [6.07, 6.45) is 1.00. The lowest BCUT2D eigenvalue weighted by Crippen LogP contribution is -2.34. The molecule has 13 heteroatoms. The van der Waals surface area contributed by atoms with Gasteiger partial charge in [-0.3, -0.25) is 14.9 Å². The van der Waals surface area contributed by atoms with E-state index in [0.717, 1.165) is 39.2 Å². The summed E-state index contributed by atoms with van der Waals surface area (Å²) in [5.74, 6) is -1.02. The Kier molecular flexibility index (Phi) is 7.86. The first kappa shape index (κ1) is 22.2. The number of nitrogens with zero attached hydrogens (tertiary/aromatic N) is 3. The molecule has 2 N–H and O–H groups in total. The molecule has 1 aromatic heterocycles. The molecule has 0 spiro atoms. The van der Waals surface area contributed by atoms with Gasteiger partial charge in [-0.05, 0) is 17.7 Å². The Balaban J connectivity index is 1.75. The van der Waals surface area contributed by atoms with Gasteiger partial charge in [-0.1, -0.05) is 35.2 Å². The highest BCUT2D eigenvalue weighted by Crippen LogP contribution is 2.25. The second-order valence-electron chi connectivity index (χ2n) is 5.63.